The number of aromatic nitrogens is 3. The number of benzene rings is 2. The largest absolute Gasteiger partial charge is 0.296 e. The Morgan fingerprint density at radius 1 is 1.00 bits per heavy atom. The Kier molecular flexibility index (Phi) is 4.29. The Balaban J connectivity index is 1.60. The molecule has 5 aromatic rings. The van der Waals surface area contributed by atoms with Crippen molar-refractivity contribution in [1.82, 2.24) is 14.4 Å². The van der Waals surface area contributed by atoms with Crippen LogP contribution in [0.1, 0.15) is 21.6 Å². The minimum atomic E-state index is -0.491. The summed E-state index contributed by atoms with van der Waals surface area (Å²) >= 11 is 0. The van der Waals surface area contributed by atoms with Gasteiger partial charge in [-0.3, -0.25) is 24.3 Å². The van der Waals surface area contributed by atoms with E-state index >= 15 is 0 Å². The fourth-order valence-corrected chi connectivity index (χ4v) is 3.69. The van der Waals surface area contributed by atoms with Crippen LogP contribution in [0.4, 0.5) is 5.69 Å². The fourth-order valence-electron chi connectivity index (χ4n) is 3.69. The molecular formula is C24H16N4O3. The van der Waals surface area contributed by atoms with E-state index in [0.29, 0.717) is 16.9 Å². The number of rotatable bonds is 4. The third-order valence-corrected chi connectivity index (χ3v) is 5.33. The molecule has 0 spiro atoms. The molecule has 2 aromatic carbocycles. The van der Waals surface area contributed by atoms with E-state index in [-0.39, 0.29) is 11.5 Å². The van der Waals surface area contributed by atoms with Crippen LogP contribution in [0.2, 0.25) is 0 Å². The summed E-state index contributed by atoms with van der Waals surface area (Å²) in [6.45, 7) is 2.00. The molecule has 5 rings (SSSR count). The van der Waals surface area contributed by atoms with E-state index in [2.05, 4.69) is 16.0 Å². The van der Waals surface area contributed by atoms with E-state index in [4.69, 9.17) is 0 Å². The number of carbonyl (C=O) groups is 1. The van der Waals surface area contributed by atoms with Gasteiger partial charge in [-0.1, -0.05) is 18.2 Å². The van der Waals surface area contributed by atoms with Crippen molar-refractivity contribution < 1.29 is 9.72 Å². The smallest absolute Gasteiger partial charge is 0.269 e. The minimum Gasteiger partial charge on any atom is -0.296 e. The normalized spacial score (nSPS) is 11.1. The summed E-state index contributed by atoms with van der Waals surface area (Å²) in [5, 5.41) is 11.9. The molecule has 7 nitrogen and oxygen atoms in total. The quantitative estimate of drug-likeness (QED) is 0.237. The summed E-state index contributed by atoms with van der Waals surface area (Å²) in [7, 11) is 0. The number of nitrogens with zero attached hydrogens (tertiary/aromatic N) is 4. The van der Waals surface area contributed by atoms with Crippen LogP contribution >= 0.6 is 0 Å². The highest BCUT2D eigenvalue weighted by Gasteiger charge is 2.17. The maximum atomic E-state index is 13.1. The monoisotopic (exact) mass is 408 g/mol. The van der Waals surface area contributed by atoms with Gasteiger partial charge in [-0.05, 0) is 42.8 Å². The topological polar surface area (TPSA) is 90.4 Å². The lowest BCUT2D eigenvalue weighted by Gasteiger charge is -2.10. The molecular weight excluding hydrogens is 392 g/mol. The Morgan fingerprint density at radius 3 is 2.55 bits per heavy atom. The SMILES string of the molecule is Cc1cc2ncc(C(=O)c3ccc([N+](=O)[O-])cc3)n2cc1-c1cnc2ccccc2c1. The molecule has 0 bridgehead atoms. The maximum absolute atomic E-state index is 13.1. The first-order chi connectivity index (χ1) is 15.0. The number of pyridine rings is 2. The highest BCUT2D eigenvalue weighted by molar-refractivity contribution is 6.08. The minimum absolute atomic E-state index is 0.0589. The highest BCUT2D eigenvalue weighted by atomic mass is 16.6. The van der Waals surface area contributed by atoms with Crippen LogP contribution in [0, 0.1) is 17.0 Å². The van der Waals surface area contributed by atoms with Crippen molar-refractivity contribution in [3.8, 4) is 11.1 Å². The van der Waals surface area contributed by atoms with Crippen molar-refractivity contribution in [3.63, 3.8) is 0 Å². The second-order valence-electron chi connectivity index (χ2n) is 7.29. The Hall–Kier alpha value is -4.39. The molecule has 0 fully saturated rings. The first-order valence-corrected chi connectivity index (χ1v) is 9.63. The summed E-state index contributed by atoms with van der Waals surface area (Å²) in [6, 6.07) is 17.5. The molecule has 0 saturated carbocycles. The number of carbonyl (C=O) groups excluding carboxylic acids is 1. The zero-order valence-electron chi connectivity index (χ0n) is 16.5. The van der Waals surface area contributed by atoms with Gasteiger partial charge in [0.05, 0.1) is 16.6 Å². The van der Waals surface area contributed by atoms with Crippen molar-refractivity contribution in [2.24, 2.45) is 0 Å². The summed E-state index contributed by atoms with van der Waals surface area (Å²) in [6.07, 6.45) is 5.24. The van der Waals surface area contributed by atoms with Gasteiger partial charge >= 0.3 is 0 Å². The van der Waals surface area contributed by atoms with E-state index in [1.807, 2.05) is 49.6 Å². The molecule has 0 aliphatic heterocycles. The van der Waals surface area contributed by atoms with E-state index in [9.17, 15) is 14.9 Å². The highest BCUT2D eigenvalue weighted by Crippen LogP contribution is 2.27. The summed E-state index contributed by atoms with van der Waals surface area (Å²) < 4.78 is 1.75. The first-order valence-electron chi connectivity index (χ1n) is 9.63. The maximum Gasteiger partial charge on any atom is 0.269 e. The number of hydrogen-bond donors (Lipinski definition) is 0. The molecule has 3 aromatic heterocycles. The van der Waals surface area contributed by atoms with E-state index in [1.165, 1.54) is 30.5 Å². The van der Waals surface area contributed by atoms with Crippen LogP contribution in [0.5, 0.6) is 0 Å². The van der Waals surface area contributed by atoms with Crippen molar-refractivity contribution >= 4 is 28.0 Å². The predicted molar refractivity (Wildman–Crippen MR) is 117 cm³/mol. The van der Waals surface area contributed by atoms with Crippen molar-refractivity contribution in [1.29, 1.82) is 0 Å². The molecule has 150 valence electrons. The number of aryl methyl sites for hydroxylation is 1. The average Bonchev–Trinajstić information content (AvgIpc) is 3.20. The summed E-state index contributed by atoms with van der Waals surface area (Å²) in [4.78, 5) is 32.4. The zero-order valence-corrected chi connectivity index (χ0v) is 16.5. The lowest BCUT2D eigenvalue weighted by atomic mass is 10.0. The first kappa shape index (κ1) is 18.6. The molecule has 3 heterocycles. The number of fused-ring (bicyclic) bond motifs is 2. The van der Waals surface area contributed by atoms with Gasteiger partial charge in [0.15, 0.2) is 0 Å². The van der Waals surface area contributed by atoms with Crippen molar-refractivity contribution in [2.75, 3.05) is 0 Å². The van der Waals surface area contributed by atoms with Gasteiger partial charge in [-0.15, -0.1) is 0 Å². The molecule has 0 amide bonds. The van der Waals surface area contributed by atoms with Crippen LogP contribution in [0.3, 0.4) is 0 Å². The summed E-state index contributed by atoms with van der Waals surface area (Å²) in [5.74, 6) is -0.256. The van der Waals surface area contributed by atoms with E-state index in [1.54, 1.807) is 4.40 Å². The Bertz CT molecular complexity index is 1490. The molecule has 0 saturated heterocycles. The average molecular weight is 408 g/mol. The van der Waals surface area contributed by atoms with Crippen molar-refractivity contribution in [2.45, 2.75) is 6.92 Å². The molecule has 0 aliphatic rings. The number of para-hydroxylation sites is 1. The van der Waals surface area contributed by atoms with Crippen molar-refractivity contribution in [3.05, 3.63) is 106 Å². The van der Waals surface area contributed by atoms with E-state index < -0.39 is 4.92 Å². The lowest BCUT2D eigenvalue weighted by molar-refractivity contribution is -0.384. The molecule has 0 aliphatic carbocycles. The fraction of sp³-hybridized carbons (Fsp3) is 0.0417. The third kappa shape index (κ3) is 3.22. The Labute approximate surface area is 176 Å². The number of hydrogen-bond acceptors (Lipinski definition) is 5. The summed E-state index contributed by atoms with van der Waals surface area (Å²) in [5.41, 5.74) is 5.17. The number of nitro benzene ring substituents is 1. The van der Waals surface area contributed by atoms with Crippen LogP contribution in [0.15, 0.2) is 79.3 Å². The number of nitro groups is 1. The van der Waals surface area contributed by atoms with Gasteiger partial charge in [0, 0.05) is 46.6 Å². The van der Waals surface area contributed by atoms with Gasteiger partial charge in [0.1, 0.15) is 11.3 Å². The van der Waals surface area contributed by atoms with Crippen LogP contribution in [-0.2, 0) is 0 Å². The second kappa shape index (κ2) is 7.14. The van der Waals surface area contributed by atoms with Crippen LogP contribution < -0.4 is 0 Å². The molecule has 0 radical (unpaired) electrons. The van der Waals surface area contributed by atoms with Crippen LogP contribution in [0.25, 0.3) is 27.7 Å². The molecule has 0 N–H and O–H groups in total. The van der Waals surface area contributed by atoms with Gasteiger partial charge < -0.3 is 0 Å². The molecule has 31 heavy (non-hydrogen) atoms. The lowest BCUT2D eigenvalue weighted by Crippen LogP contribution is -2.06. The van der Waals surface area contributed by atoms with Gasteiger partial charge in [-0.25, -0.2) is 4.98 Å². The van der Waals surface area contributed by atoms with Gasteiger partial charge in [0.2, 0.25) is 5.78 Å². The number of ketones is 1. The zero-order chi connectivity index (χ0) is 21.5. The Morgan fingerprint density at radius 2 is 1.77 bits per heavy atom. The third-order valence-electron chi connectivity index (χ3n) is 5.33. The molecule has 0 atom stereocenters. The van der Waals surface area contributed by atoms with Crippen LogP contribution in [-0.4, -0.2) is 25.1 Å². The predicted octanol–water partition coefficient (Wildman–Crippen LogP) is 5.00. The van der Waals surface area contributed by atoms with E-state index in [0.717, 1.165) is 27.6 Å². The van der Waals surface area contributed by atoms with Gasteiger partial charge in [-0.2, -0.15) is 0 Å². The standard InChI is InChI=1S/C24H16N4O3/c1-15-10-23-26-13-22(24(29)16-6-8-19(9-7-16)28(30)31)27(23)14-20(15)18-11-17-4-2-3-5-21(17)25-12-18/h2-14H,1H3. The molecule has 0 unspecified atom stereocenters. The number of imidazole rings is 1. The second-order valence-corrected chi connectivity index (χ2v) is 7.29. The number of non-ortho nitro benzene ring substituents is 1. The molecule has 7 heteroatoms. The van der Waals surface area contributed by atoms with Gasteiger partial charge in [0.25, 0.3) is 5.69 Å².